The van der Waals surface area contributed by atoms with Crippen molar-refractivity contribution in [2.45, 2.75) is 248 Å². The summed E-state index contributed by atoms with van der Waals surface area (Å²) in [6, 6.07) is 0. The Bertz CT molecular complexity index is 1290. The molecule has 15 nitrogen and oxygen atoms in total. The number of unbranched alkanes of at least 4 members (excludes halogenated alkanes) is 19. The molecule has 7 N–H and O–H groups in total. The van der Waals surface area contributed by atoms with Crippen molar-refractivity contribution in [3.63, 3.8) is 0 Å². The quantitative estimate of drug-likeness (QED) is 0.0188. The van der Waals surface area contributed by atoms with E-state index in [1.807, 2.05) is 0 Å². The van der Waals surface area contributed by atoms with E-state index < -0.39 is 92.7 Å². The second kappa shape index (κ2) is 38.6. The molecule has 0 aromatic rings. The van der Waals surface area contributed by atoms with Gasteiger partial charge >= 0.3 is 11.9 Å². The van der Waals surface area contributed by atoms with Crippen molar-refractivity contribution in [3.8, 4) is 0 Å². The molecule has 0 radical (unpaired) electrons. The minimum Gasteiger partial charge on any atom is -0.462 e. The summed E-state index contributed by atoms with van der Waals surface area (Å²) >= 11 is 0. The van der Waals surface area contributed by atoms with E-state index in [1.54, 1.807) is 0 Å². The van der Waals surface area contributed by atoms with Gasteiger partial charge in [0.25, 0.3) is 0 Å². The van der Waals surface area contributed by atoms with Crippen LogP contribution in [-0.4, -0.2) is 142 Å². The number of allylic oxidation sites excluding steroid dienone is 6. The van der Waals surface area contributed by atoms with Crippen LogP contribution >= 0.6 is 0 Å². The standard InChI is InChI=1S/C51H90O15/c1-3-5-7-9-11-13-15-17-19-21-23-25-27-29-31-33-42(53)61-36-39(64-43(54)34-32-30-28-26-24-22-20-18-16-14-12-10-8-6-4-2)37-62-50-49(60)47(58)45(56)41(66-50)38-63-51-48(59)46(57)44(55)40(35-52)65-51/h6,8,12,14,18,20,39-41,44-52,55-60H,3-5,7,9-11,13,15-17,19,21-38H2,1-2H3/b8-6+,14-12+,20-18+/t39-,40-,41-,44+,45+,46?,47?,48?,49?,50-,51-/m1/s1. The minimum absolute atomic E-state index is 0.147. The lowest BCUT2D eigenvalue weighted by Crippen LogP contribution is -2.61. The number of esters is 2. The average molecular weight is 943 g/mol. The molecule has 4 unspecified atom stereocenters. The summed E-state index contributed by atoms with van der Waals surface area (Å²) in [4.78, 5) is 25.7. The van der Waals surface area contributed by atoms with Gasteiger partial charge in [0.1, 0.15) is 55.4 Å². The van der Waals surface area contributed by atoms with Gasteiger partial charge in [0.05, 0.1) is 19.8 Å². The Balaban J connectivity index is 1.82. The van der Waals surface area contributed by atoms with E-state index in [0.29, 0.717) is 12.8 Å². The van der Waals surface area contributed by atoms with E-state index >= 15 is 0 Å². The van der Waals surface area contributed by atoms with Crippen LogP contribution in [0.15, 0.2) is 36.5 Å². The van der Waals surface area contributed by atoms with E-state index in [0.717, 1.165) is 70.6 Å². The maximum Gasteiger partial charge on any atom is 0.306 e. The van der Waals surface area contributed by atoms with Crippen molar-refractivity contribution < 1.29 is 73.8 Å². The fourth-order valence-corrected chi connectivity index (χ4v) is 7.94. The van der Waals surface area contributed by atoms with Crippen LogP contribution in [0, 0.1) is 0 Å². The largest absolute Gasteiger partial charge is 0.462 e. The van der Waals surface area contributed by atoms with Crippen molar-refractivity contribution in [1.82, 2.24) is 0 Å². The van der Waals surface area contributed by atoms with Gasteiger partial charge in [0.2, 0.25) is 0 Å². The molecule has 0 aromatic carbocycles. The predicted octanol–water partition coefficient (Wildman–Crippen LogP) is 6.93. The van der Waals surface area contributed by atoms with E-state index in [1.165, 1.54) is 70.6 Å². The van der Waals surface area contributed by atoms with Gasteiger partial charge in [-0.1, -0.05) is 159 Å². The molecule has 2 heterocycles. The molecule has 0 bridgehead atoms. The average Bonchev–Trinajstić information content (AvgIpc) is 3.31. The zero-order valence-electron chi connectivity index (χ0n) is 40.4. The van der Waals surface area contributed by atoms with Gasteiger partial charge in [0.15, 0.2) is 18.7 Å². The van der Waals surface area contributed by atoms with Gasteiger partial charge in [-0.2, -0.15) is 0 Å². The van der Waals surface area contributed by atoms with Gasteiger partial charge in [-0.25, -0.2) is 0 Å². The van der Waals surface area contributed by atoms with E-state index in [4.69, 9.17) is 28.4 Å². The number of aliphatic hydroxyl groups is 7. The van der Waals surface area contributed by atoms with Crippen molar-refractivity contribution in [3.05, 3.63) is 36.5 Å². The normalized spacial score (nSPS) is 26.4. The molecule has 11 atom stereocenters. The summed E-state index contributed by atoms with van der Waals surface area (Å²) in [6.45, 7) is 2.47. The second-order valence-corrected chi connectivity index (χ2v) is 18.0. The lowest BCUT2D eigenvalue weighted by atomic mass is 9.98. The third kappa shape index (κ3) is 26.5. The number of carbonyl (C=O) groups excluding carboxylic acids is 2. The lowest BCUT2D eigenvalue weighted by Gasteiger charge is -2.42. The molecule has 2 fully saturated rings. The number of hydrogen-bond acceptors (Lipinski definition) is 15. The van der Waals surface area contributed by atoms with Crippen molar-refractivity contribution in [1.29, 1.82) is 0 Å². The van der Waals surface area contributed by atoms with Gasteiger partial charge in [-0.05, 0) is 44.9 Å². The number of rotatable bonds is 39. The Labute approximate surface area is 395 Å². The Kier molecular flexibility index (Phi) is 35.0. The number of carbonyl (C=O) groups is 2. The van der Waals surface area contributed by atoms with Crippen LogP contribution < -0.4 is 0 Å². The Morgan fingerprint density at radius 3 is 1.50 bits per heavy atom. The minimum atomic E-state index is -1.77. The molecule has 0 aromatic heterocycles. The zero-order valence-corrected chi connectivity index (χ0v) is 40.4. The zero-order chi connectivity index (χ0) is 48.2. The van der Waals surface area contributed by atoms with Gasteiger partial charge in [-0.15, -0.1) is 0 Å². The van der Waals surface area contributed by atoms with E-state index in [-0.39, 0.29) is 26.1 Å². The van der Waals surface area contributed by atoms with Crippen LogP contribution in [0.1, 0.15) is 181 Å². The first kappa shape index (κ1) is 59.8. The summed E-state index contributed by atoms with van der Waals surface area (Å²) < 4.78 is 33.6. The molecule has 66 heavy (non-hydrogen) atoms. The van der Waals surface area contributed by atoms with Crippen LogP contribution in [0.2, 0.25) is 0 Å². The highest BCUT2D eigenvalue weighted by molar-refractivity contribution is 5.70. The van der Waals surface area contributed by atoms with Crippen LogP contribution in [0.4, 0.5) is 0 Å². The molecular weight excluding hydrogens is 853 g/mol. The first-order valence-corrected chi connectivity index (χ1v) is 25.6. The molecule has 2 saturated heterocycles. The Hall–Kier alpha value is -2.28. The topological polar surface area (TPSA) is 231 Å². The van der Waals surface area contributed by atoms with E-state index in [9.17, 15) is 45.3 Å². The first-order chi connectivity index (χ1) is 32.0. The summed E-state index contributed by atoms with van der Waals surface area (Å²) in [5.74, 6) is -0.940. The smallest absolute Gasteiger partial charge is 0.306 e. The van der Waals surface area contributed by atoms with Crippen LogP contribution in [0.25, 0.3) is 0 Å². The Morgan fingerprint density at radius 1 is 0.500 bits per heavy atom. The highest BCUT2D eigenvalue weighted by atomic mass is 16.7. The first-order valence-electron chi connectivity index (χ1n) is 25.6. The highest BCUT2D eigenvalue weighted by Gasteiger charge is 2.47. The van der Waals surface area contributed by atoms with Crippen molar-refractivity contribution in [2.75, 3.05) is 26.4 Å². The molecule has 0 aliphatic carbocycles. The number of ether oxygens (including phenoxy) is 6. The highest BCUT2D eigenvalue weighted by Crippen LogP contribution is 2.26. The van der Waals surface area contributed by atoms with Crippen molar-refractivity contribution in [2.24, 2.45) is 0 Å². The molecule has 2 aliphatic heterocycles. The predicted molar refractivity (Wildman–Crippen MR) is 252 cm³/mol. The third-order valence-electron chi connectivity index (χ3n) is 12.1. The van der Waals surface area contributed by atoms with Crippen molar-refractivity contribution >= 4 is 11.9 Å². The fraction of sp³-hybridized carbons (Fsp3) is 0.843. The SMILES string of the molecule is CC/C=C/C/C=C/C/C=C/CCCCCCCC(=O)O[C@H](COC(=O)CCCCCCCCCCCCCCCCC)CO[C@@H]1O[C@H](CO[C@@H]2O[C@H](CO)[C@H](O)C(O)C2O)[C@H](O)C(O)C1O. The summed E-state index contributed by atoms with van der Waals surface area (Å²) in [5, 5.41) is 72.0. The monoisotopic (exact) mass is 943 g/mol. The molecule has 0 spiro atoms. The molecule has 384 valence electrons. The Morgan fingerprint density at radius 2 is 0.955 bits per heavy atom. The fourth-order valence-electron chi connectivity index (χ4n) is 7.94. The summed E-state index contributed by atoms with van der Waals surface area (Å²) in [7, 11) is 0. The van der Waals surface area contributed by atoms with Crippen LogP contribution in [0.5, 0.6) is 0 Å². The van der Waals surface area contributed by atoms with Gasteiger partial charge in [-0.3, -0.25) is 9.59 Å². The molecule has 2 aliphatic rings. The third-order valence-corrected chi connectivity index (χ3v) is 12.1. The van der Waals surface area contributed by atoms with Gasteiger partial charge in [0, 0.05) is 12.8 Å². The molecule has 0 amide bonds. The number of hydrogen-bond donors (Lipinski definition) is 7. The summed E-state index contributed by atoms with van der Waals surface area (Å²) in [6.07, 6.45) is 23.1. The molecule has 2 rings (SSSR count). The maximum atomic E-state index is 13.0. The number of aliphatic hydroxyl groups excluding tert-OH is 7. The molecule has 0 saturated carbocycles. The maximum absolute atomic E-state index is 13.0. The van der Waals surface area contributed by atoms with Gasteiger partial charge < -0.3 is 64.2 Å². The summed E-state index contributed by atoms with van der Waals surface area (Å²) in [5.41, 5.74) is 0. The van der Waals surface area contributed by atoms with Crippen LogP contribution in [-0.2, 0) is 38.0 Å². The molecular formula is C51H90O15. The van der Waals surface area contributed by atoms with Crippen LogP contribution in [0.3, 0.4) is 0 Å². The molecule has 15 heteroatoms. The van der Waals surface area contributed by atoms with E-state index in [2.05, 4.69) is 50.3 Å². The second-order valence-electron chi connectivity index (χ2n) is 18.0. The lowest BCUT2D eigenvalue weighted by molar-refractivity contribution is -0.332.